The first-order valence-electron chi connectivity index (χ1n) is 7.60. The zero-order valence-electron chi connectivity index (χ0n) is 12.7. The molecule has 3 rings (SSSR count). The molecule has 2 heterocycles. The second kappa shape index (κ2) is 7.11. The van der Waals surface area contributed by atoms with Crippen LogP contribution in [0.15, 0.2) is 42.7 Å². The van der Waals surface area contributed by atoms with Crippen LogP contribution in [0.5, 0.6) is 0 Å². The number of nitrogens with two attached hydrogens (primary N) is 1. The minimum Gasteiger partial charge on any atom is -0.398 e. The Morgan fingerprint density at radius 3 is 2.83 bits per heavy atom. The van der Waals surface area contributed by atoms with E-state index < -0.39 is 0 Å². The van der Waals surface area contributed by atoms with E-state index in [0.29, 0.717) is 10.7 Å². The number of nitrogen functional groups attached to an aromatic ring is 1. The number of nitrogens with one attached hydrogen (secondary N) is 1. The molecule has 0 unspecified atom stereocenters. The first-order valence-corrected chi connectivity index (χ1v) is 8.38. The van der Waals surface area contributed by atoms with Crippen LogP contribution < -0.4 is 5.73 Å². The van der Waals surface area contributed by atoms with Crippen molar-refractivity contribution in [1.82, 2.24) is 9.97 Å². The summed E-state index contributed by atoms with van der Waals surface area (Å²) in [4.78, 5) is 8.53. The largest absolute Gasteiger partial charge is 0.398 e. The quantitative estimate of drug-likeness (QED) is 0.502. The van der Waals surface area contributed by atoms with Crippen LogP contribution >= 0.6 is 23.8 Å². The van der Waals surface area contributed by atoms with E-state index in [-0.39, 0.29) is 0 Å². The van der Waals surface area contributed by atoms with Crippen LogP contribution in [0, 0.1) is 0 Å². The van der Waals surface area contributed by atoms with E-state index in [2.05, 4.69) is 22.1 Å². The first kappa shape index (κ1) is 16.0. The Morgan fingerprint density at radius 2 is 2.00 bits per heavy atom. The third-order valence-electron chi connectivity index (χ3n) is 3.98. The Kier molecular flexibility index (Phi) is 4.94. The van der Waals surface area contributed by atoms with Gasteiger partial charge in [0.15, 0.2) is 0 Å². The van der Waals surface area contributed by atoms with Gasteiger partial charge in [-0.15, -0.1) is 0 Å². The van der Waals surface area contributed by atoms with E-state index in [1.54, 1.807) is 0 Å². The molecule has 0 fully saturated rings. The summed E-state index contributed by atoms with van der Waals surface area (Å²) in [5, 5.41) is 1.78. The topological polar surface area (TPSA) is 54.7 Å². The van der Waals surface area contributed by atoms with Crippen molar-refractivity contribution < 1.29 is 0 Å². The Hall–Kier alpha value is -1.91. The number of nitrogens with zero attached hydrogens (tertiary/aromatic N) is 1. The molecule has 23 heavy (non-hydrogen) atoms. The fraction of sp³-hybridized carbons (Fsp3) is 0.222. The standard InChI is InChI=1S/C18H18ClN3S/c19-16-6-2-12(11-17(16)20)1-4-14(23)5-3-13-7-9-21-18-15(13)8-10-22-18/h2,6-11H,1,3-5,20H2,(H,21,22). The molecule has 0 bridgehead atoms. The van der Waals surface area contributed by atoms with E-state index in [0.717, 1.165) is 36.2 Å². The van der Waals surface area contributed by atoms with Crippen LogP contribution in [0.3, 0.4) is 0 Å². The number of aryl methyl sites for hydroxylation is 2. The van der Waals surface area contributed by atoms with Crippen LogP contribution in [-0.2, 0) is 12.8 Å². The number of thiocarbonyl (C=S) groups is 1. The van der Waals surface area contributed by atoms with Gasteiger partial charge < -0.3 is 10.7 Å². The lowest BCUT2D eigenvalue weighted by Gasteiger charge is -2.07. The van der Waals surface area contributed by atoms with Gasteiger partial charge in [0.05, 0.1) is 10.7 Å². The number of benzene rings is 1. The molecule has 0 saturated carbocycles. The zero-order valence-corrected chi connectivity index (χ0v) is 14.3. The molecule has 1 aromatic carbocycles. The van der Waals surface area contributed by atoms with Gasteiger partial charge >= 0.3 is 0 Å². The number of rotatable bonds is 6. The number of aromatic amines is 1. The molecule has 118 valence electrons. The number of hydrogen-bond acceptors (Lipinski definition) is 3. The molecular formula is C18H18ClN3S. The average molecular weight is 344 g/mol. The van der Waals surface area contributed by atoms with Gasteiger partial charge in [-0.1, -0.05) is 29.9 Å². The lowest BCUT2D eigenvalue weighted by molar-refractivity contribution is 0.980. The van der Waals surface area contributed by atoms with Gasteiger partial charge in [0.2, 0.25) is 0 Å². The summed E-state index contributed by atoms with van der Waals surface area (Å²) in [6, 6.07) is 9.91. The molecule has 0 spiro atoms. The maximum Gasteiger partial charge on any atom is 0.137 e. The maximum atomic E-state index is 5.94. The smallest absolute Gasteiger partial charge is 0.137 e. The maximum absolute atomic E-state index is 5.94. The number of aromatic nitrogens is 2. The molecule has 0 amide bonds. The van der Waals surface area contributed by atoms with E-state index in [1.807, 2.05) is 30.6 Å². The fourth-order valence-corrected chi connectivity index (χ4v) is 2.99. The second-order valence-electron chi connectivity index (χ2n) is 5.60. The molecule has 5 heteroatoms. The van der Waals surface area contributed by atoms with Crippen LogP contribution in [0.4, 0.5) is 5.69 Å². The highest BCUT2D eigenvalue weighted by Crippen LogP contribution is 2.21. The van der Waals surface area contributed by atoms with Crippen molar-refractivity contribution in [3.63, 3.8) is 0 Å². The van der Waals surface area contributed by atoms with Gasteiger partial charge in [-0.05, 0) is 65.9 Å². The minimum absolute atomic E-state index is 0.601. The predicted octanol–water partition coefficient (Wildman–Crippen LogP) is 4.73. The summed E-state index contributed by atoms with van der Waals surface area (Å²) in [6.45, 7) is 0. The monoisotopic (exact) mass is 343 g/mol. The molecule has 3 N–H and O–H groups in total. The highest BCUT2D eigenvalue weighted by atomic mass is 35.5. The molecule has 0 aliphatic rings. The number of fused-ring (bicyclic) bond motifs is 1. The van der Waals surface area contributed by atoms with Gasteiger partial charge in [-0.25, -0.2) is 4.98 Å². The number of pyridine rings is 1. The van der Waals surface area contributed by atoms with Gasteiger partial charge in [0.1, 0.15) is 5.65 Å². The third kappa shape index (κ3) is 3.89. The molecule has 3 aromatic rings. The fourth-order valence-electron chi connectivity index (χ4n) is 2.67. The lowest BCUT2D eigenvalue weighted by Crippen LogP contribution is -2.01. The van der Waals surface area contributed by atoms with Crippen molar-refractivity contribution in [2.45, 2.75) is 25.7 Å². The van der Waals surface area contributed by atoms with Crippen LogP contribution in [0.1, 0.15) is 24.0 Å². The van der Waals surface area contributed by atoms with Crippen molar-refractivity contribution in [3.05, 3.63) is 58.9 Å². The van der Waals surface area contributed by atoms with Crippen LogP contribution in [0.2, 0.25) is 5.02 Å². The molecule has 0 aliphatic heterocycles. The predicted molar refractivity (Wildman–Crippen MR) is 101 cm³/mol. The van der Waals surface area contributed by atoms with Crippen molar-refractivity contribution in [2.75, 3.05) is 5.73 Å². The summed E-state index contributed by atoms with van der Waals surface area (Å²) in [5.41, 5.74) is 9.85. The van der Waals surface area contributed by atoms with Crippen molar-refractivity contribution in [3.8, 4) is 0 Å². The summed E-state index contributed by atoms with van der Waals surface area (Å²) >= 11 is 11.5. The summed E-state index contributed by atoms with van der Waals surface area (Å²) < 4.78 is 0. The molecule has 0 saturated heterocycles. The number of hydrogen-bond donors (Lipinski definition) is 2. The Balaban J connectivity index is 1.55. The molecule has 0 atom stereocenters. The summed E-state index contributed by atoms with van der Waals surface area (Å²) in [5.74, 6) is 0. The van der Waals surface area contributed by atoms with E-state index in [1.165, 1.54) is 16.5 Å². The summed E-state index contributed by atoms with van der Waals surface area (Å²) in [7, 11) is 0. The number of anilines is 1. The van der Waals surface area contributed by atoms with Gasteiger partial charge in [-0.2, -0.15) is 0 Å². The minimum atomic E-state index is 0.601. The van der Waals surface area contributed by atoms with Gasteiger partial charge in [-0.3, -0.25) is 0 Å². The molecular weight excluding hydrogens is 326 g/mol. The van der Waals surface area contributed by atoms with Crippen LogP contribution in [-0.4, -0.2) is 14.8 Å². The normalized spacial score (nSPS) is 11.0. The highest BCUT2D eigenvalue weighted by molar-refractivity contribution is 7.80. The zero-order chi connectivity index (χ0) is 16.2. The Labute approximate surface area is 145 Å². The Morgan fingerprint density at radius 1 is 1.17 bits per heavy atom. The van der Waals surface area contributed by atoms with Crippen molar-refractivity contribution in [2.24, 2.45) is 0 Å². The summed E-state index contributed by atoms with van der Waals surface area (Å²) in [6.07, 6.45) is 7.40. The molecule has 2 aromatic heterocycles. The van der Waals surface area contributed by atoms with E-state index in [4.69, 9.17) is 29.6 Å². The Bertz CT molecular complexity index is 841. The molecule has 0 radical (unpaired) electrons. The van der Waals surface area contributed by atoms with Gasteiger partial charge in [0.25, 0.3) is 0 Å². The lowest BCUT2D eigenvalue weighted by atomic mass is 10.0. The first-order chi connectivity index (χ1) is 11.1. The molecule has 0 aliphatic carbocycles. The van der Waals surface area contributed by atoms with E-state index >= 15 is 0 Å². The number of halogens is 1. The van der Waals surface area contributed by atoms with E-state index in [9.17, 15) is 0 Å². The van der Waals surface area contributed by atoms with Crippen molar-refractivity contribution >= 4 is 45.4 Å². The second-order valence-corrected chi connectivity index (χ2v) is 6.59. The van der Waals surface area contributed by atoms with Crippen molar-refractivity contribution in [1.29, 1.82) is 0 Å². The van der Waals surface area contributed by atoms with Gasteiger partial charge in [0, 0.05) is 17.8 Å². The van der Waals surface area contributed by atoms with Crippen LogP contribution in [0.25, 0.3) is 11.0 Å². The SMILES string of the molecule is Nc1cc(CCC(=S)CCc2ccnc3[nH]ccc23)ccc1Cl. The molecule has 3 nitrogen and oxygen atoms in total. The number of H-pyrrole nitrogens is 1. The average Bonchev–Trinajstić information content (AvgIpc) is 3.03. The highest BCUT2D eigenvalue weighted by Gasteiger charge is 2.06. The third-order valence-corrected chi connectivity index (χ3v) is 4.73.